The van der Waals surface area contributed by atoms with Gasteiger partial charge in [0.25, 0.3) is 0 Å². The quantitative estimate of drug-likeness (QED) is 0.410. The van der Waals surface area contributed by atoms with Crippen LogP contribution in [0.25, 0.3) is 0 Å². The molecule has 0 saturated carbocycles. The van der Waals surface area contributed by atoms with Crippen LogP contribution in [-0.4, -0.2) is 76.8 Å². The summed E-state index contributed by atoms with van der Waals surface area (Å²) in [7, 11) is 1.75. The van der Waals surface area contributed by atoms with E-state index < -0.39 is 0 Å². The Balaban J connectivity index is 1.18. The molecule has 8 nitrogen and oxygen atoms in total. The number of methoxy groups -OCH3 is 1. The van der Waals surface area contributed by atoms with Crippen LogP contribution >= 0.6 is 0 Å². The molecule has 0 aliphatic carbocycles. The SMILES string of the molecule is COCCCN1CCOc2ccc(CO[C@@H]3CC[C@@H](CC(C)(C)NC(=O)CC4CCOCC4)NC3)cc21. The number of nitrogens with one attached hydrogen (secondary N) is 2. The van der Waals surface area contributed by atoms with Crippen molar-refractivity contribution in [2.24, 2.45) is 5.92 Å². The lowest BCUT2D eigenvalue weighted by Crippen LogP contribution is -2.51. The van der Waals surface area contributed by atoms with Crippen LogP contribution in [0, 0.1) is 5.92 Å². The van der Waals surface area contributed by atoms with Gasteiger partial charge in [-0.3, -0.25) is 4.79 Å². The number of benzene rings is 1. The molecular formula is C29H47N3O5. The van der Waals surface area contributed by atoms with Crippen LogP contribution in [0.5, 0.6) is 5.75 Å². The third kappa shape index (κ3) is 8.84. The Morgan fingerprint density at radius 2 is 2.03 bits per heavy atom. The van der Waals surface area contributed by atoms with E-state index in [-0.39, 0.29) is 17.6 Å². The van der Waals surface area contributed by atoms with Crippen LogP contribution in [0.2, 0.25) is 0 Å². The maximum atomic E-state index is 12.6. The van der Waals surface area contributed by atoms with Crippen molar-refractivity contribution < 1.29 is 23.7 Å². The van der Waals surface area contributed by atoms with Crippen molar-refractivity contribution in [2.45, 2.75) is 83.1 Å². The van der Waals surface area contributed by atoms with Gasteiger partial charge in [0.15, 0.2) is 0 Å². The zero-order valence-corrected chi connectivity index (χ0v) is 23.1. The fourth-order valence-electron chi connectivity index (χ4n) is 5.77. The van der Waals surface area contributed by atoms with Crippen LogP contribution in [0.15, 0.2) is 18.2 Å². The summed E-state index contributed by atoms with van der Waals surface area (Å²) in [5.74, 6) is 1.58. The monoisotopic (exact) mass is 517 g/mol. The van der Waals surface area contributed by atoms with Crippen LogP contribution < -0.4 is 20.3 Å². The van der Waals surface area contributed by atoms with E-state index >= 15 is 0 Å². The second kappa shape index (κ2) is 13.8. The van der Waals surface area contributed by atoms with Crippen LogP contribution in [-0.2, 0) is 25.6 Å². The van der Waals surface area contributed by atoms with Gasteiger partial charge in [0, 0.05) is 58.0 Å². The first-order chi connectivity index (χ1) is 17.9. The van der Waals surface area contributed by atoms with Gasteiger partial charge >= 0.3 is 0 Å². The zero-order chi connectivity index (χ0) is 26.1. The smallest absolute Gasteiger partial charge is 0.220 e. The maximum Gasteiger partial charge on any atom is 0.220 e. The molecule has 3 aliphatic heterocycles. The fraction of sp³-hybridized carbons (Fsp3) is 0.759. The Morgan fingerprint density at radius 1 is 1.19 bits per heavy atom. The minimum Gasteiger partial charge on any atom is -0.490 e. The number of ether oxygens (including phenoxy) is 4. The average molecular weight is 518 g/mol. The summed E-state index contributed by atoms with van der Waals surface area (Å²) in [5, 5.41) is 6.95. The third-order valence-electron chi connectivity index (χ3n) is 7.77. The number of fused-ring (bicyclic) bond motifs is 1. The molecule has 37 heavy (non-hydrogen) atoms. The van der Waals surface area contributed by atoms with Crippen molar-refractivity contribution in [1.29, 1.82) is 0 Å². The molecule has 1 amide bonds. The number of anilines is 1. The molecule has 3 heterocycles. The summed E-state index contributed by atoms with van der Waals surface area (Å²) in [6.07, 6.45) is 6.80. The predicted molar refractivity (Wildman–Crippen MR) is 145 cm³/mol. The second-order valence-corrected chi connectivity index (χ2v) is 11.5. The Kier molecular flexibility index (Phi) is 10.5. The molecule has 2 fully saturated rings. The van der Waals surface area contributed by atoms with Gasteiger partial charge in [0.1, 0.15) is 12.4 Å². The van der Waals surface area contributed by atoms with Gasteiger partial charge in [0.05, 0.1) is 24.9 Å². The Labute approximate surface area is 222 Å². The standard InChI is InChI=1S/C29H47N3O5/c1-29(2,31-28(33)18-22-9-14-35-15-10-22)19-24-6-7-25(20-30-24)37-21-23-5-8-27-26(17-23)32(12-16-36-27)11-4-13-34-3/h5,8,17,22,24-25,30H,4,6-7,9-16,18-21H2,1-3H3,(H,31,33)/t24-,25+/m0/s1. The highest BCUT2D eigenvalue weighted by Gasteiger charge is 2.29. The lowest BCUT2D eigenvalue weighted by molar-refractivity contribution is -0.124. The molecule has 1 aromatic rings. The molecule has 3 aliphatic rings. The Bertz CT molecular complexity index is 850. The number of rotatable bonds is 12. The number of carbonyl (C=O) groups is 1. The number of hydrogen-bond donors (Lipinski definition) is 2. The molecule has 1 aromatic carbocycles. The summed E-state index contributed by atoms with van der Waals surface area (Å²) >= 11 is 0. The molecule has 0 bridgehead atoms. The van der Waals surface area contributed by atoms with Crippen LogP contribution in [0.1, 0.15) is 64.4 Å². The number of piperidine rings is 1. The van der Waals surface area contributed by atoms with E-state index in [1.807, 2.05) is 0 Å². The molecule has 0 radical (unpaired) electrons. The van der Waals surface area contributed by atoms with Gasteiger partial charge in [-0.2, -0.15) is 0 Å². The van der Waals surface area contributed by atoms with Crippen molar-refractivity contribution in [1.82, 2.24) is 10.6 Å². The van der Waals surface area contributed by atoms with Crippen molar-refractivity contribution in [3.05, 3.63) is 23.8 Å². The molecule has 8 heteroatoms. The molecule has 0 unspecified atom stereocenters. The highest BCUT2D eigenvalue weighted by atomic mass is 16.5. The van der Waals surface area contributed by atoms with E-state index in [2.05, 4.69) is 47.6 Å². The summed E-state index contributed by atoms with van der Waals surface area (Å²) in [6.45, 7) is 10.6. The summed E-state index contributed by atoms with van der Waals surface area (Å²) < 4.78 is 22.8. The topological polar surface area (TPSA) is 81.3 Å². The minimum atomic E-state index is -0.228. The Morgan fingerprint density at radius 3 is 2.78 bits per heavy atom. The highest BCUT2D eigenvalue weighted by Crippen LogP contribution is 2.33. The normalized spacial score (nSPS) is 22.8. The molecule has 2 atom stereocenters. The second-order valence-electron chi connectivity index (χ2n) is 11.5. The van der Waals surface area contributed by atoms with E-state index in [1.165, 1.54) is 5.56 Å². The van der Waals surface area contributed by atoms with Gasteiger partial charge in [-0.25, -0.2) is 0 Å². The highest BCUT2D eigenvalue weighted by molar-refractivity contribution is 5.77. The zero-order valence-electron chi connectivity index (χ0n) is 23.1. The van der Waals surface area contributed by atoms with Crippen LogP contribution in [0.3, 0.4) is 0 Å². The van der Waals surface area contributed by atoms with E-state index in [0.717, 1.165) is 96.0 Å². The molecule has 0 spiro atoms. The maximum absolute atomic E-state index is 12.6. The lowest BCUT2D eigenvalue weighted by atomic mass is 9.89. The minimum absolute atomic E-state index is 0.168. The fourth-order valence-corrected chi connectivity index (χ4v) is 5.77. The predicted octanol–water partition coefficient (Wildman–Crippen LogP) is 3.66. The summed E-state index contributed by atoms with van der Waals surface area (Å²) in [6, 6.07) is 6.79. The van der Waals surface area contributed by atoms with Crippen molar-refractivity contribution in [3.8, 4) is 5.75 Å². The number of nitrogens with zero attached hydrogens (tertiary/aromatic N) is 1. The van der Waals surface area contributed by atoms with Crippen LogP contribution in [0.4, 0.5) is 5.69 Å². The number of hydrogen-bond acceptors (Lipinski definition) is 7. The average Bonchev–Trinajstić information content (AvgIpc) is 2.88. The van der Waals surface area contributed by atoms with Gasteiger partial charge in [-0.15, -0.1) is 0 Å². The molecule has 2 saturated heterocycles. The Hall–Kier alpha value is -1.87. The molecule has 208 valence electrons. The van der Waals surface area contributed by atoms with Gasteiger partial charge < -0.3 is 34.5 Å². The molecule has 2 N–H and O–H groups in total. The van der Waals surface area contributed by atoms with Crippen molar-refractivity contribution in [2.75, 3.05) is 58.1 Å². The largest absolute Gasteiger partial charge is 0.490 e. The summed E-state index contributed by atoms with van der Waals surface area (Å²) in [5.41, 5.74) is 2.11. The van der Waals surface area contributed by atoms with E-state index in [4.69, 9.17) is 18.9 Å². The van der Waals surface area contributed by atoms with E-state index in [0.29, 0.717) is 25.0 Å². The summed E-state index contributed by atoms with van der Waals surface area (Å²) in [4.78, 5) is 15.0. The first-order valence-electron chi connectivity index (χ1n) is 14.2. The van der Waals surface area contributed by atoms with Crippen molar-refractivity contribution in [3.63, 3.8) is 0 Å². The van der Waals surface area contributed by atoms with Gasteiger partial charge in [-0.1, -0.05) is 6.07 Å². The molecule has 4 rings (SSSR count). The van der Waals surface area contributed by atoms with Gasteiger partial charge in [0.2, 0.25) is 5.91 Å². The molecule has 0 aromatic heterocycles. The third-order valence-corrected chi connectivity index (χ3v) is 7.77. The van der Waals surface area contributed by atoms with Crippen molar-refractivity contribution >= 4 is 11.6 Å². The number of carbonyl (C=O) groups excluding carboxylic acids is 1. The first kappa shape index (κ1) is 28.1. The van der Waals surface area contributed by atoms with E-state index in [9.17, 15) is 4.79 Å². The van der Waals surface area contributed by atoms with Gasteiger partial charge in [-0.05, 0) is 76.0 Å². The number of amides is 1. The first-order valence-corrected chi connectivity index (χ1v) is 14.2. The van der Waals surface area contributed by atoms with E-state index in [1.54, 1.807) is 7.11 Å². The molecular weight excluding hydrogens is 470 g/mol. The lowest BCUT2D eigenvalue weighted by Gasteiger charge is -2.36.